The van der Waals surface area contributed by atoms with E-state index < -0.39 is 72.6 Å². The highest BCUT2D eigenvalue weighted by atomic mass is 32.2. The molecule has 0 aromatic rings. The van der Waals surface area contributed by atoms with E-state index in [0.29, 0.717) is 12.2 Å². The van der Waals surface area contributed by atoms with Crippen LogP contribution in [-0.4, -0.2) is 87.1 Å². The van der Waals surface area contributed by atoms with Gasteiger partial charge in [-0.2, -0.15) is 11.8 Å². The summed E-state index contributed by atoms with van der Waals surface area (Å²) in [6.45, 7) is 3.53. The molecule has 0 radical (unpaired) electrons. The van der Waals surface area contributed by atoms with Crippen molar-refractivity contribution in [3.05, 3.63) is 0 Å². The number of amides is 3. The molecular formula is C19H32N4O9S. The Hall–Kier alpha value is -2.87. The van der Waals surface area contributed by atoms with Crippen LogP contribution in [0.4, 0.5) is 0 Å². The van der Waals surface area contributed by atoms with Gasteiger partial charge in [-0.3, -0.25) is 24.0 Å². The van der Waals surface area contributed by atoms with Crippen LogP contribution < -0.4 is 21.7 Å². The number of aliphatic carboxylic acids is 3. The summed E-state index contributed by atoms with van der Waals surface area (Å²) in [5, 5.41) is 33.7. The Morgan fingerprint density at radius 2 is 1.27 bits per heavy atom. The lowest BCUT2D eigenvalue weighted by molar-refractivity contribution is -0.147. The highest BCUT2D eigenvalue weighted by molar-refractivity contribution is 7.98. The molecule has 0 rings (SSSR count). The SMILES string of the molecule is CCC(C)C(N)C(=O)NC(CC(=O)O)C(=O)NC(CCSC)C(=O)NC(CC(=O)O)C(=O)O. The smallest absolute Gasteiger partial charge is 0.326 e. The molecule has 5 unspecified atom stereocenters. The van der Waals surface area contributed by atoms with E-state index in [1.54, 1.807) is 13.2 Å². The molecule has 0 spiro atoms. The van der Waals surface area contributed by atoms with E-state index >= 15 is 0 Å². The van der Waals surface area contributed by atoms with E-state index in [-0.39, 0.29) is 12.3 Å². The summed E-state index contributed by atoms with van der Waals surface area (Å²) in [4.78, 5) is 70.9. The molecular weight excluding hydrogens is 460 g/mol. The second-order valence-corrected chi connectivity index (χ2v) is 8.40. The first-order valence-corrected chi connectivity index (χ1v) is 11.5. The third-order valence-electron chi connectivity index (χ3n) is 4.81. The minimum Gasteiger partial charge on any atom is -0.481 e. The lowest BCUT2D eigenvalue weighted by atomic mass is 9.99. The van der Waals surface area contributed by atoms with Crippen molar-refractivity contribution in [3.8, 4) is 0 Å². The van der Waals surface area contributed by atoms with Crippen molar-refractivity contribution in [2.24, 2.45) is 11.7 Å². The summed E-state index contributed by atoms with van der Waals surface area (Å²) < 4.78 is 0. The lowest BCUT2D eigenvalue weighted by Crippen LogP contribution is -2.58. The number of nitrogens with two attached hydrogens (primary N) is 1. The van der Waals surface area contributed by atoms with Crippen LogP contribution in [0.1, 0.15) is 39.5 Å². The Morgan fingerprint density at radius 1 is 0.818 bits per heavy atom. The molecule has 8 N–H and O–H groups in total. The van der Waals surface area contributed by atoms with Crippen molar-refractivity contribution in [3.63, 3.8) is 0 Å². The van der Waals surface area contributed by atoms with Gasteiger partial charge in [0, 0.05) is 0 Å². The molecule has 0 bridgehead atoms. The van der Waals surface area contributed by atoms with Gasteiger partial charge < -0.3 is 37.0 Å². The predicted octanol–water partition coefficient (Wildman–Crippen LogP) is -1.40. The summed E-state index contributed by atoms with van der Waals surface area (Å²) in [6, 6.07) is -5.55. The van der Waals surface area contributed by atoms with Gasteiger partial charge in [-0.25, -0.2) is 4.79 Å². The van der Waals surface area contributed by atoms with Gasteiger partial charge in [-0.05, 0) is 24.3 Å². The molecule has 3 amide bonds. The average Bonchev–Trinajstić information content (AvgIpc) is 2.73. The van der Waals surface area contributed by atoms with Crippen LogP contribution in [0.5, 0.6) is 0 Å². The Balaban J connectivity index is 5.53. The van der Waals surface area contributed by atoms with Crippen molar-refractivity contribution >= 4 is 47.4 Å². The third kappa shape index (κ3) is 11.5. The first-order chi connectivity index (χ1) is 15.3. The Labute approximate surface area is 195 Å². The zero-order chi connectivity index (χ0) is 25.7. The lowest BCUT2D eigenvalue weighted by Gasteiger charge is -2.25. The fraction of sp³-hybridized carbons (Fsp3) is 0.684. The number of hydrogen-bond donors (Lipinski definition) is 7. The maximum absolute atomic E-state index is 12.7. The maximum atomic E-state index is 12.7. The topological polar surface area (TPSA) is 225 Å². The first-order valence-electron chi connectivity index (χ1n) is 10.2. The van der Waals surface area contributed by atoms with Gasteiger partial charge in [-0.15, -0.1) is 0 Å². The molecule has 33 heavy (non-hydrogen) atoms. The Kier molecular flexibility index (Phi) is 13.7. The van der Waals surface area contributed by atoms with Crippen LogP contribution in [0, 0.1) is 5.92 Å². The minimum atomic E-state index is -1.73. The predicted molar refractivity (Wildman–Crippen MR) is 118 cm³/mol. The van der Waals surface area contributed by atoms with Crippen LogP contribution in [0.3, 0.4) is 0 Å². The van der Waals surface area contributed by atoms with E-state index in [9.17, 15) is 28.8 Å². The standard InChI is InChI=1S/C19H32N4O9S/c1-4-9(2)15(20)18(30)22-11(7-13(24)25)17(29)21-10(5-6-33-3)16(28)23-12(19(31)32)8-14(26)27/h9-12,15H,4-8,20H2,1-3H3,(H,21,29)(H,22,30)(H,23,28)(H,24,25)(H,26,27)(H,31,32). The van der Waals surface area contributed by atoms with Gasteiger partial charge >= 0.3 is 17.9 Å². The number of thioether (sulfide) groups is 1. The molecule has 0 aliphatic heterocycles. The summed E-state index contributed by atoms with van der Waals surface area (Å²) in [6.07, 6.45) is 0.680. The number of hydrogen-bond acceptors (Lipinski definition) is 8. The number of rotatable bonds is 16. The van der Waals surface area contributed by atoms with Crippen LogP contribution in [0.25, 0.3) is 0 Å². The number of nitrogens with one attached hydrogen (secondary N) is 3. The summed E-state index contributed by atoms with van der Waals surface area (Å²) >= 11 is 1.33. The molecule has 0 aromatic carbocycles. The van der Waals surface area contributed by atoms with Gasteiger partial charge in [0.2, 0.25) is 17.7 Å². The van der Waals surface area contributed by atoms with Crippen molar-refractivity contribution in [1.82, 2.24) is 16.0 Å². The van der Waals surface area contributed by atoms with Gasteiger partial charge in [0.15, 0.2) is 0 Å². The molecule has 0 heterocycles. The van der Waals surface area contributed by atoms with Crippen molar-refractivity contribution in [2.45, 2.75) is 63.7 Å². The zero-order valence-corrected chi connectivity index (χ0v) is 19.5. The van der Waals surface area contributed by atoms with Gasteiger partial charge in [0.05, 0.1) is 18.9 Å². The third-order valence-corrected chi connectivity index (χ3v) is 5.45. The normalized spacial score (nSPS) is 15.3. The van der Waals surface area contributed by atoms with E-state index in [0.717, 1.165) is 0 Å². The molecule has 188 valence electrons. The van der Waals surface area contributed by atoms with Crippen molar-refractivity contribution < 1.29 is 44.1 Å². The summed E-state index contributed by atoms with van der Waals surface area (Å²) in [7, 11) is 0. The Morgan fingerprint density at radius 3 is 1.73 bits per heavy atom. The molecule has 0 aromatic heterocycles. The molecule has 13 nitrogen and oxygen atoms in total. The van der Waals surface area contributed by atoms with E-state index in [1.807, 2.05) is 6.92 Å². The van der Waals surface area contributed by atoms with Crippen LogP contribution in [0.15, 0.2) is 0 Å². The number of carbonyl (C=O) groups is 6. The largest absolute Gasteiger partial charge is 0.481 e. The fourth-order valence-corrected chi connectivity index (χ4v) is 3.06. The molecule has 0 aliphatic carbocycles. The molecule has 0 aliphatic rings. The molecule has 14 heteroatoms. The summed E-state index contributed by atoms with van der Waals surface area (Å²) in [5.74, 6) is -6.94. The van der Waals surface area contributed by atoms with Crippen LogP contribution in [-0.2, 0) is 28.8 Å². The fourth-order valence-electron chi connectivity index (χ4n) is 2.59. The number of carbonyl (C=O) groups excluding carboxylic acids is 3. The second kappa shape index (κ2) is 15.1. The number of carboxylic acid groups (broad SMARTS) is 3. The van der Waals surface area contributed by atoms with Crippen molar-refractivity contribution in [2.75, 3.05) is 12.0 Å². The highest BCUT2D eigenvalue weighted by Gasteiger charge is 2.32. The van der Waals surface area contributed by atoms with E-state index in [4.69, 9.17) is 21.1 Å². The van der Waals surface area contributed by atoms with Gasteiger partial charge in [0.25, 0.3) is 0 Å². The second-order valence-electron chi connectivity index (χ2n) is 7.41. The molecule has 5 atom stereocenters. The Bertz CT molecular complexity index is 734. The van der Waals surface area contributed by atoms with Crippen LogP contribution in [0.2, 0.25) is 0 Å². The highest BCUT2D eigenvalue weighted by Crippen LogP contribution is 2.08. The zero-order valence-electron chi connectivity index (χ0n) is 18.7. The first kappa shape index (κ1) is 30.1. The monoisotopic (exact) mass is 492 g/mol. The maximum Gasteiger partial charge on any atom is 0.326 e. The van der Waals surface area contributed by atoms with Crippen LogP contribution >= 0.6 is 11.8 Å². The van der Waals surface area contributed by atoms with E-state index in [1.165, 1.54) is 11.8 Å². The van der Waals surface area contributed by atoms with Crippen molar-refractivity contribution in [1.29, 1.82) is 0 Å². The quantitative estimate of drug-likeness (QED) is 0.133. The molecule has 0 fully saturated rings. The van der Waals surface area contributed by atoms with Gasteiger partial charge in [-0.1, -0.05) is 20.3 Å². The van der Waals surface area contributed by atoms with Gasteiger partial charge in [0.1, 0.15) is 18.1 Å². The minimum absolute atomic E-state index is 0.0400. The average molecular weight is 493 g/mol. The van der Waals surface area contributed by atoms with E-state index in [2.05, 4.69) is 16.0 Å². The molecule has 0 saturated carbocycles. The number of carboxylic acids is 3. The molecule has 0 saturated heterocycles. The summed E-state index contributed by atoms with van der Waals surface area (Å²) in [5.41, 5.74) is 5.83.